The molecule has 0 heterocycles. The van der Waals surface area contributed by atoms with Crippen LogP contribution in [0.5, 0.6) is 0 Å². The van der Waals surface area contributed by atoms with Gasteiger partial charge < -0.3 is 9.79 Å². The van der Waals surface area contributed by atoms with E-state index in [1.807, 2.05) is 0 Å². The maximum absolute atomic E-state index is 10.4. The van der Waals surface area contributed by atoms with Crippen molar-refractivity contribution in [3.05, 3.63) is 0 Å². The van der Waals surface area contributed by atoms with Crippen LogP contribution in [0.3, 0.4) is 0 Å². The highest BCUT2D eigenvalue weighted by molar-refractivity contribution is 7.46. The van der Waals surface area contributed by atoms with Gasteiger partial charge in [0.25, 0.3) is 0 Å². The summed E-state index contributed by atoms with van der Waals surface area (Å²) in [5.41, 5.74) is 0. The van der Waals surface area contributed by atoms with Crippen LogP contribution in [0.4, 0.5) is 0 Å². The first kappa shape index (κ1) is 17.1. The maximum Gasteiger partial charge on any atom is 0.469 e. The van der Waals surface area contributed by atoms with Crippen LogP contribution in [-0.4, -0.2) is 16.4 Å². The molecule has 4 nitrogen and oxygen atoms in total. The van der Waals surface area contributed by atoms with Crippen molar-refractivity contribution in [3.8, 4) is 0 Å². The Morgan fingerprint density at radius 1 is 1.06 bits per heavy atom. The summed E-state index contributed by atoms with van der Waals surface area (Å²) in [7, 11) is -4.25. The molecule has 0 aliphatic carbocycles. The number of phosphoric acid groups is 1. The van der Waals surface area contributed by atoms with Gasteiger partial charge in [-0.25, -0.2) is 4.57 Å². The molecule has 0 aromatic rings. The zero-order chi connectivity index (χ0) is 13.1. The van der Waals surface area contributed by atoms with E-state index in [0.29, 0.717) is 0 Å². The normalized spacial score (nSPS) is 13.9. The van der Waals surface area contributed by atoms with Crippen molar-refractivity contribution in [2.24, 2.45) is 5.92 Å². The van der Waals surface area contributed by atoms with E-state index < -0.39 is 7.82 Å². The summed E-state index contributed by atoms with van der Waals surface area (Å²) in [5, 5.41) is 0. The van der Waals surface area contributed by atoms with E-state index in [1.165, 1.54) is 32.1 Å². The molecule has 0 fully saturated rings. The molecular weight excluding hydrogens is 239 g/mol. The number of hydrogen-bond acceptors (Lipinski definition) is 2. The van der Waals surface area contributed by atoms with E-state index in [4.69, 9.17) is 9.79 Å². The molecule has 0 radical (unpaired) electrons. The number of hydrogen-bond donors (Lipinski definition) is 2. The molecule has 0 bridgehead atoms. The van der Waals surface area contributed by atoms with Crippen LogP contribution in [0, 0.1) is 5.92 Å². The lowest BCUT2D eigenvalue weighted by Gasteiger charge is -2.07. The first-order valence-electron chi connectivity index (χ1n) is 6.65. The summed E-state index contributed by atoms with van der Waals surface area (Å²) in [4.78, 5) is 16.9. The molecule has 17 heavy (non-hydrogen) atoms. The predicted molar refractivity (Wildman–Crippen MR) is 69.8 cm³/mol. The SMILES string of the molecule is CCC(C)CCCCCCCCOP(=O)(O)O. The van der Waals surface area contributed by atoms with Crippen LogP contribution in [0.2, 0.25) is 0 Å². The molecule has 0 aliphatic heterocycles. The topological polar surface area (TPSA) is 66.8 Å². The fraction of sp³-hybridized carbons (Fsp3) is 1.00. The van der Waals surface area contributed by atoms with Gasteiger partial charge in [-0.05, 0) is 12.3 Å². The van der Waals surface area contributed by atoms with Gasteiger partial charge in [0.05, 0.1) is 6.61 Å². The van der Waals surface area contributed by atoms with Crippen LogP contribution in [0.1, 0.15) is 65.2 Å². The molecule has 5 heteroatoms. The molecule has 2 N–H and O–H groups in total. The highest BCUT2D eigenvalue weighted by Gasteiger charge is 2.12. The van der Waals surface area contributed by atoms with Crippen LogP contribution in [-0.2, 0) is 9.09 Å². The van der Waals surface area contributed by atoms with Gasteiger partial charge in [-0.1, -0.05) is 58.8 Å². The molecule has 0 aromatic heterocycles. The Kier molecular flexibility index (Phi) is 10.1. The largest absolute Gasteiger partial charge is 0.469 e. The van der Waals surface area contributed by atoms with Crippen molar-refractivity contribution in [2.45, 2.75) is 65.2 Å². The minimum Gasteiger partial charge on any atom is -0.303 e. The molecule has 0 aromatic carbocycles. The Balaban J connectivity index is 3.12. The first-order valence-corrected chi connectivity index (χ1v) is 8.19. The smallest absolute Gasteiger partial charge is 0.303 e. The summed E-state index contributed by atoms with van der Waals surface area (Å²) in [6.45, 7) is 4.68. The van der Waals surface area contributed by atoms with Crippen LogP contribution < -0.4 is 0 Å². The maximum atomic E-state index is 10.4. The van der Waals surface area contributed by atoms with Crippen molar-refractivity contribution >= 4 is 7.82 Å². The average molecular weight is 266 g/mol. The summed E-state index contributed by atoms with van der Waals surface area (Å²) in [5.74, 6) is 0.839. The lowest BCUT2D eigenvalue weighted by molar-refractivity contribution is 0.193. The summed E-state index contributed by atoms with van der Waals surface area (Å²) < 4.78 is 14.7. The third-order valence-corrected chi connectivity index (χ3v) is 3.57. The third kappa shape index (κ3) is 14.0. The fourth-order valence-electron chi connectivity index (χ4n) is 1.69. The molecule has 0 saturated carbocycles. The molecule has 0 aliphatic rings. The molecular formula is C12H27O4P. The van der Waals surface area contributed by atoms with E-state index in [0.717, 1.165) is 25.2 Å². The second-order valence-corrected chi connectivity index (χ2v) is 5.99. The molecule has 0 rings (SSSR count). The van der Waals surface area contributed by atoms with E-state index in [9.17, 15) is 4.57 Å². The molecule has 1 unspecified atom stereocenters. The van der Waals surface area contributed by atoms with Crippen LogP contribution >= 0.6 is 7.82 Å². The van der Waals surface area contributed by atoms with Crippen molar-refractivity contribution in [1.29, 1.82) is 0 Å². The zero-order valence-corrected chi connectivity index (χ0v) is 12.0. The minimum atomic E-state index is -4.25. The second kappa shape index (κ2) is 10.1. The Bertz CT molecular complexity index is 215. The van der Waals surface area contributed by atoms with Gasteiger partial charge in [-0.15, -0.1) is 0 Å². The van der Waals surface area contributed by atoms with Crippen molar-refractivity contribution in [1.82, 2.24) is 0 Å². The van der Waals surface area contributed by atoms with E-state index >= 15 is 0 Å². The third-order valence-electron chi connectivity index (χ3n) is 3.05. The van der Waals surface area contributed by atoms with E-state index in [2.05, 4.69) is 18.4 Å². The average Bonchev–Trinajstić information content (AvgIpc) is 2.25. The van der Waals surface area contributed by atoms with Gasteiger partial charge in [0.1, 0.15) is 0 Å². The first-order chi connectivity index (χ1) is 7.95. The summed E-state index contributed by atoms with van der Waals surface area (Å²) >= 11 is 0. The summed E-state index contributed by atoms with van der Waals surface area (Å²) in [6.07, 6.45) is 9.21. The molecule has 104 valence electrons. The quantitative estimate of drug-likeness (QED) is 0.440. The minimum absolute atomic E-state index is 0.164. The Labute approximate surface area is 105 Å². The van der Waals surface area contributed by atoms with Crippen molar-refractivity contribution in [3.63, 3.8) is 0 Å². The van der Waals surface area contributed by atoms with Crippen LogP contribution in [0.15, 0.2) is 0 Å². The molecule has 0 spiro atoms. The lowest BCUT2D eigenvalue weighted by atomic mass is 10.00. The molecule has 1 atom stereocenters. The Morgan fingerprint density at radius 2 is 1.59 bits per heavy atom. The van der Waals surface area contributed by atoms with Gasteiger partial charge >= 0.3 is 7.82 Å². The van der Waals surface area contributed by atoms with Crippen molar-refractivity contribution < 1.29 is 18.9 Å². The van der Waals surface area contributed by atoms with Crippen LogP contribution in [0.25, 0.3) is 0 Å². The van der Waals surface area contributed by atoms with Gasteiger partial charge in [0, 0.05) is 0 Å². The van der Waals surface area contributed by atoms with Gasteiger partial charge in [-0.2, -0.15) is 0 Å². The number of rotatable bonds is 11. The number of unbranched alkanes of at least 4 members (excludes halogenated alkanes) is 5. The lowest BCUT2D eigenvalue weighted by Crippen LogP contribution is -1.93. The highest BCUT2D eigenvalue weighted by atomic mass is 31.2. The summed E-state index contributed by atoms with van der Waals surface area (Å²) in [6, 6.07) is 0. The van der Waals surface area contributed by atoms with Gasteiger partial charge in [-0.3, -0.25) is 4.52 Å². The zero-order valence-electron chi connectivity index (χ0n) is 11.1. The molecule has 0 saturated heterocycles. The second-order valence-electron chi connectivity index (χ2n) is 4.75. The Hall–Kier alpha value is 0.110. The van der Waals surface area contributed by atoms with Gasteiger partial charge in [0.2, 0.25) is 0 Å². The molecule has 0 amide bonds. The predicted octanol–water partition coefficient (Wildman–Crippen LogP) is 3.87. The van der Waals surface area contributed by atoms with E-state index in [1.54, 1.807) is 0 Å². The van der Waals surface area contributed by atoms with Crippen molar-refractivity contribution in [2.75, 3.05) is 6.61 Å². The standard InChI is InChI=1S/C12H27O4P/c1-3-12(2)10-8-6-4-5-7-9-11-16-17(13,14)15/h12H,3-11H2,1-2H3,(H2,13,14,15). The monoisotopic (exact) mass is 266 g/mol. The fourth-order valence-corrected chi connectivity index (χ4v) is 2.06. The highest BCUT2D eigenvalue weighted by Crippen LogP contribution is 2.35. The Morgan fingerprint density at radius 3 is 2.12 bits per heavy atom. The van der Waals surface area contributed by atoms with E-state index in [-0.39, 0.29) is 6.61 Å². The number of phosphoric ester groups is 1. The van der Waals surface area contributed by atoms with Gasteiger partial charge in [0.15, 0.2) is 0 Å².